The molecule has 3 N–H and O–H groups in total. The number of nitrogens with one attached hydrogen (secondary N) is 1. The van der Waals surface area contributed by atoms with Gasteiger partial charge in [0.2, 0.25) is 0 Å². The second-order valence-electron chi connectivity index (χ2n) is 2.07. The van der Waals surface area contributed by atoms with Crippen molar-refractivity contribution in [1.29, 1.82) is 0 Å². The van der Waals surface area contributed by atoms with Gasteiger partial charge in [-0.3, -0.25) is 5.32 Å². The summed E-state index contributed by atoms with van der Waals surface area (Å²) in [5.41, 5.74) is 5.68. The summed E-state index contributed by atoms with van der Waals surface area (Å²) < 4.78 is 0.610. The molecule has 0 radical (unpaired) electrons. The molecule has 5 heteroatoms. The summed E-state index contributed by atoms with van der Waals surface area (Å²) in [5, 5.41) is 13.7. The quantitative estimate of drug-likeness (QED) is 0.454. The van der Waals surface area contributed by atoms with E-state index in [2.05, 4.69) is 10.3 Å². The van der Waals surface area contributed by atoms with E-state index in [1.165, 1.54) is 12.4 Å². The Hall–Kier alpha value is -1.52. The molecule has 1 rings (SSSR count). The van der Waals surface area contributed by atoms with Crippen molar-refractivity contribution in [3.8, 4) is 0 Å². The Kier molecular flexibility index (Phi) is 2.10. The van der Waals surface area contributed by atoms with Crippen LogP contribution in [-0.4, -0.2) is 11.5 Å². The van der Waals surface area contributed by atoms with Gasteiger partial charge in [-0.15, -0.1) is 0 Å². The van der Waals surface area contributed by atoms with Crippen LogP contribution in [0.15, 0.2) is 12.4 Å². The molecule has 0 atom stereocenters. The summed E-state index contributed by atoms with van der Waals surface area (Å²) in [6.07, 6.45) is 2.71. The van der Waals surface area contributed by atoms with Crippen LogP contribution in [0.3, 0.4) is 0 Å². The number of nitrogens with two attached hydrogens (primary N) is 1. The van der Waals surface area contributed by atoms with Gasteiger partial charge in [-0.2, -0.15) is 0 Å². The summed E-state index contributed by atoms with van der Waals surface area (Å²) in [4.78, 5) is 3.78. The zero-order valence-electron chi connectivity index (χ0n) is 6.24. The summed E-state index contributed by atoms with van der Waals surface area (Å²) in [6, 6.07) is 0. The van der Waals surface area contributed by atoms with Crippen molar-refractivity contribution in [2.24, 2.45) is 0 Å². The van der Waals surface area contributed by atoms with Crippen LogP contribution in [0, 0.1) is 5.21 Å². The Bertz CT molecular complexity index is 250. The summed E-state index contributed by atoms with van der Waals surface area (Å²) in [5.74, 6) is 0.279. The maximum Gasteiger partial charge on any atom is 0.392 e. The SMILES string of the molecule is CCNc1ncc(N)c[n+]1[O-]. The van der Waals surface area contributed by atoms with E-state index in [1.54, 1.807) is 0 Å². The molecule has 0 bridgehead atoms. The number of nitrogens with zero attached hydrogens (tertiary/aromatic N) is 2. The van der Waals surface area contributed by atoms with Gasteiger partial charge < -0.3 is 10.9 Å². The lowest BCUT2D eigenvalue weighted by Crippen LogP contribution is -2.32. The Balaban J connectivity index is 2.90. The minimum Gasteiger partial charge on any atom is -0.740 e. The van der Waals surface area contributed by atoms with Crippen molar-refractivity contribution in [3.63, 3.8) is 0 Å². The predicted molar refractivity (Wildman–Crippen MR) is 41.8 cm³/mol. The zero-order valence-corrected chi connectivity index (χ0v) is 6.24. The molecular formula is C6H10N4O. The normalized spacial score (nSPS) is 9.55. The summed E-state index contributed by atoms with van der Waals surface area (Å²) in [7, 11) is 0. The zero-order chi connectivity index (χ0) is 8.27. The first-order chi connectivity index (χ1) is 5.24. The van der Waals surface area contributed by atoms with Crippen LogP contribution in [-0.2, 0) is 0 Å². The molecular weight excluding hydrogens is 144 g/mol. The second kappa shape index (κ2) is 3.05. The third-order valence-electron chi connectivity index (χ3n) is 1.15. The maximum atomic E-state index is 10.9. The number of rotatable bonds is 2. The average Bonchev–Trinajstić information content (AvgIpc) is 1.95. The van der Waals surface area contributed by atoms with Gasteiger partial charge in [0.1, 0.15) is 6.20 Å². The summed E-state index contributed by atoms with van der Waals surface area (Å²) >= 11 is 0. The van der Waals surface area contributed by atoms with Gasteiger partial charge in [0, 0.05) is 0 Å². The largest absolute Gasteiger partial charge is 0.740 e. The molecule has 11 heavy (non-hydrogen) atoms. The fourth-order valence-corrected chi connectivity index (χ4v) is 0.704. The Labute approximate surface area is 64.4 Å². The Morgan fingerprint density at radius 2 is 2.55 bits per heavy atom. The number of hydrogen-bond donors (Lipinski definition) is 2. The Morgan fingerprint density at radius 1 is 1.82 bits per heavy atom. The molecule has 60 valence electrons. The molecule has 0 aliphatic rings. The van der Waals surface area contributed by atoms with Crippen molar-refractivity contribution >= 4 is 11.6 Å². The van der Waals surface area contributed by atoms with E-state index >= 15 is 0 Å². The smallest absolute Gasteiger partial charge is 0.392 e. The predicted octanol–water partition coefficient (Wildman–Crippen LogP) is -0.271. The van der Waals surface area contributed by atoms with Gasteiger partial charge in [0.15, 0.2) is 0 Å². The van der Waals surface area contributed by atoms with Crippen LogP contribution in [0.1, 0.15) is 6.92 Å². The number of nitrogen functional groups attached to an aromatic ring is 1. The minimum absolute atomic E-state index is 0.279. The average molecular weight is 154 g/mol. The van der Waals surface area contributed by atoms with E-state index in [4.69, 9.17) is 5.73 Å². The van der Waals surface area contributed by atoms with Crippen LogP contribution in [0.4, 0.5) is 11.6 Å². The molecule has 1 heterocycles. The molecule has 0 saturated heterocycles. The maximum absolute atomic E-state index is 10.9. The van der Waals surface area contributed by atoms with Gasteiger partial charge in [0.25, 0.3) is 0 Å². The molecule has 5 nitrogen and oxygen atoms in total. The minimum atomic E-state index is 0.279. The number of aromatic nitrogens is 2. The van der Waals surface area contributed by atoms with Crippen LogP contribution < -0.4 is 15.8 Å². The van der Waals surface area contributed by atoms with E-state index in [9.17, 15) is 5.21 Å². The molecule has 0 aliphatic carbocycles. The fraction of sp³-hybridized carbons (Fsp3) is 0.333. The highest BCUT2D eigenvalue weighted by molar-refractivity contribution is 5.31. The van der Waals surface area contributed by atoms with Crippen LogP contribution in [0.5, 0.6) is 0 Å². The molecule has 0 fully saturated rings. The van der Waals surface area contributed by atoms with E-state index in [-0.39, 0.29) is 5.95 Å². The molecule has 0 aliphatic heterocycles. The number of anilines is 2. The third-order valence-corrected chi connectivity index (χ3v) is 1.15. The summed E-state index contributed by atoms with van der Waals surface area (Å²) in [6.45, 7) is 2.55. The topological polar surface area (TPSA) is 77.9 Å². The first kappa shape index (κ1) is 7.59. The monoisotopic (exact) mass is 154 g/mol. The van der Waals surface area contributed by atoms with Crippen molar-refractivity contribution in [2.75, 3.05) is 17.6 Å². The van der Waals surface area contributed by atoms with E-state index in [0.29, 0.717) is 17.0 Å². The van der Waals surface area contributed by atoms with Gasteiger partial charge >= 0.3 is 5.95 Å². The highest BCUT2D eigenvalue weighted by Crippen LogP contribution is 1.96. The van der Waals surface area contributed by atoms with Crippen molar-refractivity contribution in [2.45, 2.75) is 6.92 Å². The molecule has 1 aromatic heterocycles. The highest BCUT2D eigenvalue weighted by Gasteiger charge is 2.02. The van der Waals surface area contributed by atoms with E-state index in [0.717, 1.165) is 0 Å². The Morgan fingerprint density at radius 3 is 3.09 bits per heavy atom. The first-order valence-electron chi connectivity index (χ1n) is 3.32. The van der Waals surface area contributed by atoms with Gasteiger partial charge in [-0.05, 0) is 6.92 Å². The molecule has 0 aromatic carbocycles. The molecule has 0 spiro atoms. The lowest BCUT2D eigenvalue weighted by Gasteiger charge is -2.06. The van der Waals surface area contributed by atoms with E-state index in [1.807, 2.05) is 6.92 Å². The standard InChI is InChI=1S/C6H10N4O/c1-2-8-6-9-3-5(7)4-10(6)11/h3-4H,2,7H2,1H3,(H,8,9). The van der Waals surface area contributed by atoms with Gasteiger partial charge in [0.05, 0.1) is 18.4 Å². The van der Waals surface area contributed by atoms with Gasteiger partial charge in [-0.25, -0.2) is 4.73 Å². The van der Waals surface area contributed by atoms with Crippen LogP contribution in [0.2, 0.25) is 0 Å². The van der Waals surface area contributed by atoms with E-state index < -0.39 is 0 Å². The van der Waals surface area contributed by atoms with Crippen LogP contribution in [0.25, 0.3) is 0 Å². The second-order valence-corrected chi connectivity index (χ2v) is 2.07. The lowest BCUT2D eigenvalue weighted by atomic mass is 10.5. The number of hydrogen-bond acceptors (Lipinski definition) is 4. The van der Waals surface area contributed by atoms with Crippen molar-refractivity contribution in [1.82, 2.24) is 4.98 Å². The van der Waals surface area contributed by atoms with Gasteiger partial charge in [-0.1, -0.05) is 4.98 Å². The third kappa shape index (κ3) is 1.70. The molecule has 0 saturated carbocycles. The highest BCUT2D eigenvalue weighted by atomic mass is 16.5. The van der Waals surface area contributed by atoms with Crippen molar-refractivity contribution < 1.29 is 4.73 Å². The van der Waals surface area contributed by atoms with Crippen molar-refractivity contribution in [3.05, 3.63) is 17.6 Å². The van der Waals surface area contributed by atoms with Crippen LogP contribution >= 0.6 is 0 Å². The molecule has 0 amide bonds. The molecule has 1 aromatic rings. The molecule has 0 unspecified atom stereocenters. The lowest BCUT2D eigenvalue weighted by molar-refractivity contribution is -0.592. The fourth-order valence-electron chi connectivity index (χ4n) is 0.704. The first-order valence-corrected chi connectivity index (χ1v) is 3.32.